The van der Waals surface area contributed by atoms with Crippen molar-refractivity contribution in [2.24, 2.45) is 5.92 Å². The SMILES string of the molecule is Cc1csc(C(C)N2CC(=O)NC(C3CC3)C2=O)n1. The van der Waals surface area contributed by atoms with Gasteiger partial charge in [-0.05, 0) is 32.6 Å². The van der Waals surface area contributed by atoms with Crippen LogP contribution in [0, 0.1) is 12.8 Å². The minimum absolute atomic E-state index is 0.0439. The normalized spacial score (nSPS) is 25.4. The minimum Gasteiger partial charge on any atom is -0.342 e. The zero-order valence-electron chi connectivity index (χ0n) is 11.0. The molecular formula is C13H17N3O2S. The van der Waals surface area contributed by atoms with E-state index in [4.69, 9.17) is 0 Å². The molecule has 1 aromatic rings. The summed E-state index contributed by atoms with van der Waals surface area (Å²) in [6.45, 7) is 4.02. The summed E-state index contributed by atoms with van der Waals surface area (Å²) >= 11 is 1.54. The van der Waals surface area contributed by atoms with Crippen LogP contribution in [0.25, 0.3) is 0 Å². The molecule has 1 saturated carbocycles. The number of aromatic nitrogens is 1. The van der Waals surface area contributed by atoms with Crippen molar-refractivity contribution in [3.63, 3.8) is 0 Å². The van der Waals surface area contributed by atoms with E-state index in [9.17, 15) is 9.59 Å². The standard InChI is InChI=1S/C13H17N3O2S/c1-7-6-19-12(14-7)8(2)16-5-10(17)15-11(13(16)18)9-3-4-9/h6,8-9,11H,3-5H2,1-2H3,(H,15,17). The van der Waals surface area contributed by atoms with Gasteiger partial charge >= 0.3 is 0 Å². The highest BCUT2D eigenvalue weighted by molar-refractivity contribution is 7.09. The number of carbonyl (C=O) groups excluding carboxylic acids is 2. The molecule has 1 saturated heterocycles. The van der Waals surface area contributed by atoms with Gasteiger partial charge in [0.25, 0.3) is 0 Å². The fourth-order valence-corrected chi connectivity index (χ4v) is 3.33. The number of amides is 2. The second kappa shape index (κ2) is 4.59. The Balaban J connectivity index is 1.81. The average Bonchev–Trinajstić information content (AvgIpc) is 3.13. The first-order valence-electron chi connectivity index (χ1n) is 6.58. The molecule has 2 amide bonds. The Morgan fingerprint density at radius 2 is 2.21 bits per heavy atom. The lowest BCUT2D eigenvalue weighted by Crippen LogP contribution is -2.59. The van der Waals surface area contributed by atoms with Gasteiger partial charge in [-0.2, -0.15) is 0 Å². The van der Waals surface area contributed by atoms with E-state index in [0.29, 0.717) is 5.92 Å². The van der Waals surface area contributed by atoms with Gasteiger partial charge in [0.15, 0.2) is 0 Å². The lowest BCUT2D eigenvalue weighted by Gasteiger charge is -2.35. The number of hydrogen-bond acceptors (Lipinski definition) is 4. The third-order valence-electron chi connectivity index (χ3n) is 3.73. The summed E-state index contributed by atoms with van der Waals surface area (Å²) in [5.41, 5.74) is 0.958. The molecule has 0 radical (unpaired) electrons. The summed E-state index contributed by atoms with van der Waals surface area (Å²) in [5.74, 6) is 0.323. The smallest absolute Gasteiger partial charge is 0.246 e. The van der Waals surface area contributed by atoms with Gasteiger partial charge in [-0.3, -0.25) is 9.59 Å². The highest BCUT2D eigenvalue weighted by Gasteiger charge is 2.44. The van der Waals surface area contributed by atoms with Crippen molar-refractivity contribution in [1.82, 2.24) is 15.2 Å². The molecule has 1 aliphatic heterocycles. The average molecular weight is 279 g/mol. The first-order valence-corrected chi connectivity index (χ1v) is 7.46. The van der Waals surface area contributed by atoms with E-state index < -0.39 is 0 Å². The molecule has 1 N–H and O–H groups in total. The quantitative estimate of drug-likeness (QED) is 0.905. The van der Waals surface area contributed by atoms with Crippen LogP contribution >= 0.6 is 11.3 Å². The molecule has 0 spiro atoms. The van der Waals surface area contributed by atoms with E-state index in [1.165, 1.54) is 0 Å². The molecule has 19 heavy (non-hydrogen) atoms. The lowest BCUT2D eigenvalue weighted by atomic mass is 10.1. The van der Waals surface area contributed by atoms with E-state index in [-0.39, 0.29) is 30.4 Å². The van der Waals surface area contributed by atoms with Crippen LogP contribution in [0.5, 0.6) is 0 Å². The Labute approximate surface area is 116 Å². The third-order valence-corrected chi connectivity index (χ3v) is 4.87. The topological polar surface area (TPSA) is 62.3 Å². The molecule has 1 aliphatic carbocycles. The van der Waals surface area contributed by atoms with Gasteiger partial charge in [-0.25, -0.2) is 4.98 Å². The van der Waals surface area contributed by atoms with Crippen molar-refractivity contribution in [3.8, 4) is 0 Å². The molecule has 2 unspecified atom stereocenters. The number of rotatable bonds is 3. The van der Waals surface area contributed by atoms with Gasteiger partial charge in [0.2, 0.25) is 11.8 Å². The van der Waals surface area contributed by atoms with E-state index in [0.717, 1.165) is 23.5 Å². The third kappa shape index (κ3) is 2.36. The van der Waals surface area contributed by atoms with Crippen molar-refractivity contribution >= 4 is 23.2 Å². The van der Waals surface area contributed by atoms with Crippen molar-refractivity contribution in [3.05, 3.63) is 16.1 Å². The van der Waals surface area contributed by atoms with Gasteiger partial charge in [-0.1, -0.05) is 0 Å². The molecule has 2 aliphatic rings. The summed E-state index contributed by atoms with van der Waals surface area (Å²) in [7, 11) is 0. The Bertz CT molecular complexity index is 524. The van der Waals surface area contributed by atoms with Gasteiger partial charge in [0, 0.05) is 11.1 Å². The number of aryl methyl sites for hydroxylation is 1. The van der Waals surface area contributed by atoms with Crippen molar-refractivity contribution in [2.75, 3.05) is 6.54 Å². The van der Waals surface area contributed by atoms with Crippen molar-refractivity contribution < 1.29 is 9.59 Å². The zero-order chi connectivity index (χ0) is 13.6. The van der Waals surface area contributed by atoms with Crippen molar-refractivity contribution in [1.29, 1.82) is 0 Å². The zero-order valence-corrected chi connectivity index (χ0v) is 11.9. The molecule has 0 aromatic carbocycles. The highest BCUT2D eigenvalue weighted by atomic mass is 32.1. The second-order valence-corrected chi connectivity index (χ2v) is 6.24. The number of hydrogen-bond donors (Lipinski definition) is 1. The predicted octanol–water partition coefficient (Wildman–Crippen LogP) is 1.25. The number of piperazine rings is 1. The summed E-state index contributed by atoms with van der Waals surface area (Å²) in [6, 6.07) is -0.441. The lowest BCUT2D eigenvalue weighted by molar-refractivity contribution is -0.147. The van der Waals surface area contributed by atoms with Gasteiger partial charge in [-0.15, -0.1) is 11.3 Å². The fourth-order valence-electron chi connectivity index (χ4n) is 2.47. The molecule has 2 heterocycles. The summed E-state index contributed by atoms with van der Waals surface area (Å²) in [4.78, 5) is 30.3. The highest BCUT2D eigenvalue weighted by Crippen LogP contribution is 2.36. The predicted molar refractivity (Wildman–Crippen MR) is 71.6 cm³/mol. The second-order valence-electron chi connectivity index (χ2n) is 5.35. The maximum Gasteiger partial charge on any atom is 0.246 e. The number of carbonyl (C=O) groups is 2. The Morgan fingerprint density at radius 3 is 2.79 bits per heavy atom. The first kappa shape index (κ1) is 12.6. The van der Waals surface area contributed by atoms with Crippen LogP contribution < -0.4 is 5.32 Å². The summed E-state index contributed by atoms with van der Waals surface area (Å²) in [6.07, 6.45) is 2.07. The van der Waals surface area contributed by atoms with Crippen LogP contribution in [-0.4, -0.2) is 34.3 Å². The van der Waals surface area contributed by atoms with E-state index in [1.807, 2.05) is 19.2 Å². The molecule has 2 fully saturated rings. The minimum atomic E-state index is -0.315. The number of thiazole rings is 1. The van der Waals surface area contributed by atoms with Gasteiger partial charge < -0.3 is 10.2 Å². The Hall–Kier alpha value is -1.43. The van der Waals surface area contributed by atoms with Crippen LogP contribution in [0.4, 0.5) is 0 Å². The molecule has 3 rings (SSSR count). The Kier molecular flexibility index (Phi) is 3.05. The van der Waals surface area contributed by atoms with Crippen LogP contribution in [0.15, 0.2) is 5.38 Å². The van der Waals surface area contributed by atoms with Gasteiger partial charge in [0.05, 0.1) is 6.04 Å². The number of nitrogens with one attached hydrogen (secondary N) is 1. The van der Waals surface area contributed by atoms with Crippen LogP contribution in [0.3, 0.4) is 0 Å². The van der Waals surface area contributed by atoms with Crippen LogP contribution in [0.2, 0.25) is 0 Å². The van der Waals surface area contributed by atoms with Crippen LogP contribution in [0.1, 0.15) is 36.5 Å². The van der Waals surface area contributed by atoms with E-state index in [1.54, 1.807) is 16.2 Å². The molecular weight excluding hydrogens is 262 g/mol. The van der Waals surface area contributed by atoms with Gasteiger partial charge in [0.1, 0.15) is 17.6 Å². The van der Waals surface area contributed by atoms with E-state index in [2.05, 4.69) is 10.3 Å². The van der Waals surface area contributed by atoms with E-state index >= 15 is 0 Å². The maximum atomic E-state index is 12.5. The molecule has 2 atom stereocenters. The molecule has 102 valence electrons. The maximum absolute atomic E-state index is 12.5. The van der Waals surface area contributed by atoms with Crippen molar-refractivity contribution in [2.45, 2.75) is 38.8 Å². The molecule has 6 heteroatoms. The molecule has 1 aromatic heterocycles. The van der Waals surface area contributed by atoms with Crippen LogP contribution in [-0.2, 0) is 9.59 Å². The summed E-state index contributed by atoms with van der Waals surface area (Å²) in [5, 5.41) is 5.69. The summed E-state index contributed by atoms with van der Waals surface area (Å²) < 4.78 is 0. The fraction of sp³-hybridized carbons (Fsp3) is 0.615. The number of nitrogens with zero attached hydrogens (tertiary/aromatic N) is 2. The Morgan fingerprint density at radius 1 is 1.47 bits per heavy atom. The first-order chi connectivity index (χ1) is 9.06. The monoisotopic (exact) mass is 279 g/mol. The molecule has 0 bridgehead atoms. The largest absolute Gasteiger partial charge is 0.342 e. The molecule has 5 nitrogen and oxygen atoms in total.